The molecule has 142 valence electrons. The lowest BCUT2D eigenvalue weighted by Gasteiger charge is -2.29. The zero-order valence-electron chi connectivity index (χ0n) is 14.1. The minimum atomic E-state index is -4.64. The number of piperidine rings is 1. The van der Waals surface area contributed by atoms with Crippen LogP contribution in [-0.4, -0.2) is 42.4 Å². The van der Waals surface area contributed by atoms with E-state index in [9.17, 15) is 27.6 Å². The number of carbonyl (C=O) groups is 3. The second-order valence-electron chi connectivity index (χ2n) is 6.17. The maximum absolute atomic E-state index is 12.9. The third kappa shape index (κ3) is 5.21. The Labute approximate surface area is 148 Å². The lowest BCUT2D eigenvalue weighted by molar-refractivity contribution is -0.162. The second-order valence-corrected chi connectivity index (χ2v) is 6.17. The fourth-order valence-electron chi connectivity index (χ4n) is 2.72. The lowest BCUT2D eigenvalue weighted by atomic mass is 10.0. The maximum Gasteiger partial charge on any atom is 0.418 e. The van der Waals surface area contributed by atoms with Gasteiger partial charge in [-0.3, -0.25) is 9.59 Å². The molecule has 1 saturated heterocycles. The Kier molecular flexibility index (Phi) is 6.23. The first kappa shape index (κ1) is 19.7. The Morgan fingerprint density at radius 2 is 1.96 bits per heavy atom. The highest BCUT2D eigenvalue weighted by Gasteiger charge is 2.33. The number of rotatable bonds is 3. The summed E-state index contributed by atoms with van der Waals surface area (Å²) < 4.78 is 43.2. The second kappa shape index (κ2) is 8.20. The van der Waals surface area contributed by atoms with Gasteiger partial charge in [0.15, 0.2) is 6.61 Å². The monoisotopic (exact) mass is 372 g/mol. The number of halogens is 3. The number of para-hydroxylation sites is 1. The number of nitrogens with one attached hydrogen (secondary N) is 1. The van der Waals surface area contributed by atoms with Crippen LogP contribution >= 0.6 is 0 Å². The van der Waals surface area contributed by atoms with Crippen LogP contribution in [0.3, 0.4) is 0 Å². The van der Waals surface area contributed by atoms with E-state index in [1.165, 1.54) is 17.0 Å². The predicted octanol–water partition coefficient (Wildman–Crippen LogP) is 2.45. The molecule has 6 nitrogen and oxygen atoms in total. The van der Waals surface area contributed by atoms with Crippen LogP contribution in [0.5, 0.6) is 0 Å². The summed E-state index contributed by atoms with van der Waals surface area (Å²) >= 11 is 0. The fourth-order valence-corrected chi connectivity index (χ4v) is 2.72. The Bertz CT molecular complexity index is 691. The molecule has 0 bridgehead atoms. The van der Waals surface area contributed by atoms with Gasteiger partial charge in [-0.05, 0) is 30.9 Å². The standard InChI is InChI=1S/C17H19F3N2O4/c1-11-5-4-8-22(9-11)15(24)16(25)26-10-14(23)21-13-7-3-2-6-12(13)17(18,19)20/h2-3,6-7,11H,4-5,8-10H2,1H3,(H,21,23)/t11-/m1/s1. The quantitative estimate of drug-likeness (QED) is 0.653. The molecular weight excluding hydrogens is 353 g/mol. The number of amides is 2. The fraction of sp³-hybridized carbons (Fsp3) is 0.471. The van der Waals surface area contributed by atoms with Gasteiger partial charge in [-0.15, -0.1) is 0 Å². The van der Waals surface area contributed by atoms with Gasteiger partial charge in [0.05, 0.1) is 11.3 Å². The highest BCUT2D eigenvalue weighted by Crippen LogP contribution is 2.34. The zero-order chi connectivity index (χ0) is 19.3. The van der Waals surface area contributed by atoms with E-state index in [1.54, 1.807) is 0 Å². The number of benzene rings is 1. The highest BCUT2D eigenvalue weighted by atomic mass is 19.4. The summed E-state index contributed by atoms with van der Waals surface area (Å²) in [6, 6.07) is 4.43. The van der Waals surface area contributed by atoms with Gasteiger partial charge in [0, 0.05) is 13.1 Å². The van der Waals surface area contributed by atoms with Crippen molar-refractivity contribution in [3.8, 4) is 0 Å². The molecule has 0 aliphatic carbocycles. The Morgan fingerprint density at radius 3 is 2.62 bits per heavy atom. The van der Waals surface area contributed by atoms with E-state index < -0.39 is 41.8 Å². The molecular formula is C17H19F3N2O4. The molecule has 1 aliphatic heterocycles. The van der Waals surface area contributed by atoms with Crippen molar-refractivity contribution < 1.29 is 32.3 Å². The van der Waals surface area contributed by atoms with E-state index >= 15 is 0 Å². The predicted molar refractivity (Wildman–Crippen MR) is 86.0 cm³/mol. The van der Waals surface area contributed by atoms with Crippen LogP contribution in [0, 0.1) is 5.92 Å². The molecule has 1 atom stereocenters. The van der Waals surface area contributed by atoms with Gasteiger partial charge in [-0.1, -0.05) is 19.1 Å². The minimum absolute atomic E-state index is 0.266. The third-order valence-corrected chi connectivity index (χ3v) is 3.96. The lowest BCUT2D eigenvalue weighted by Crippen LogP contribution is -2.43. The molecule has 9 heteroatoms. The van der Waals surface area contributed by atoms with Crippen molar-refractivity contribution >= 4 is 23.5 Å². The van der Waals surface area contributed by atoms with Gasteiger partial charge in [0.2, 0.25) is 0 Å². The number of hydrogen-bond acceptors (Lipinski definition) is 4. The third-order valence-electron chi connectivity index (χ3n) is 3.96. The molecule has 1 heterocycles. The van der Waals surface area contributed by atoms with E-state index in [1.807, 2.05) is 12.2 Å². The van der Waals surface area contributed by atoms with Crippen LogP contribution < -0.4 is 5.32 Å². The van der Waals surface area contributed by atoms with Gasteiger partial charge in [-0.2, -0.15) is 13.2 Å². The summed E-state index contributed by atoms with van der Waals surface area (Å²) in [4.78, 5) is 36.9. The largest absolute Gasteiger partial charge is 0.448 e. The van der Waals surface area contributed by atoms with Crippen molar-refractivity contribution in [2.75, 3.05) is 25.0 Å². The van der Waals surface area contributed by atoms with E-state index in [0.717, 1.165) is 25.0 Å². The summed E-state index contributed by atoms with van der Waals surface area (Å²) in [5.41, 5.74) is -1.46. The molecule has 1 fully saturated rings. The molecule has 1 aromatic carbocycles. The van der Waals surface area contributed by atoms with Gasteiger partial charge in [-0.25, -0.2) is 4.79 Å². The van der Waals surface area contributed by atoms with Crippen molar-refractivity contribution in [1.29, 1.82) is 0 Å². The van der Waals surface area contributed by atoms with Crippen molar-refractivity contribution in [2.45, 2.75) is 25.9 Å². The van der Waals surface area contributed by atoms with E-state index in [4.69, 9.17) is 0 Å². The first-order valence-electron chi connectivity index (χ1n) is 8.10. The Balaban J connectivity index is 1.89. The van der Waals surface area contributed by atoms with Crippen LogP contribution in [0.25, 0.3) is 0 Å². The molecule has 0 unspecified atom stereocenters. The summed E-state index contributed by atoms with van der Waals surface area (Å²) in [6.45, 7) is 1.97. The number of anilines is 1. The number of esters is 1. The maximum atomic E-state index is 12.9. The molecule has 1 aliphatic rings. The average Bonchev–Trinajstić information content (AvgIpc) is 2.58. The van der Waals surface area contributed by atoms with Gasteiger partial charge >= 0.3 is 18.1 Å². The van der Waals surface area contributed by atoms with Gasteiger partial charge in [0.1, 0.15) is 0 Å². The molecule has 0 spiro atoms. The highest BCUT2D eigenvalue weighted by molar-refractivity contribution is 6.32. The molecule has 0 saturated carbocycles. The van der Waals surface area contributed by atoms with Gasteiger partial charge < -0.3 is 15.0 Å². The van der Waals surface area contributed by atoms with Crippen molar-refractivity contribution in [1.82, 2.24) is 4.90 Å². The SMILES string of the molecule is C[C@@H]1CCCN(C(=O)C(=O)OCC(=O)Nc2ccccc2C(F)(F)F)C1. The molecule has 0 radical (unpaired) electrons. The molecule has 26 heavy (non-hydrogen) atoms. The number of hydrogen-bond donors (Lipinski definition) is 1. The van der Waals surface area contributed by atoms with E-state index in [0.29, 0.717) is 13.1 Å². The van der Waals surface area contributed by atoms with Crippen LogP contribution in [0.4, 0.5) is 18.9 Å². The van der Waals surface area contributed by atoms with E-state index in [-0.39, 0.29) is 5.92 Å². The van der Waals surface area contributed by atoms with Crippen LogP contribution in [-0.2, 0) is 25.3 Å². The van der Waals surface area contributed by atoms with Crippen molar-refractivity contribution in [2.24, 2.45) is 5.92 Å². The van der Waals surface area contributed by atoms with Crippen LogP contribution in [0.1, 0.15) is 25.3 Å². The molecule has 0 aromatic heterocycles. The van der Waals surface area contributed by atoms with Crippen LogP contribution in [0.15, 0.2) is 24.3 Å². The molecule has 2 rings (SSSR count). The number of nitrogens with zero attached hydrogens (tertiary/aromatic N) is 1. The first-order chi connectivity index (χ1) is 12.2. The Hall–Kier alpha value is -2.58. The first-order valence-corrected chi connectivity index (χ1v) is 8.10. The van der Waals surface area contributed by atoms with Crippen LogP contribution in [0.2, 0.25) is 0 Å². The van der Waals surface area contributed by atoms with Crippen molar-refractivity contribution in [3.63, 3.8) is 0 Å². The number of ether oxygens (including phenoxy) is 1. The smallest absolute Gasteiger partial charge is 0.418 e. The minimum Gasteiger partial charge on any atom is -0.448 e. The number of carbonyl (C=O) groups excluding carboxylic acids is 3. The molecule has 2 amide bonds. The van der Waals surface area contributed by atoms with E-state index in [2.05, 4.69) is 4.74 Å². The number of alkyl halides is 3. The summed E-state index contributed by atoms with van der Waals surface area (Å²) in [5.74, 6) is -2.74. The van der Waals surface area contributed by atoms with Gasteiger partial charge in [0.25, 0.3) is 5.91 Å². The summed E-state index contributed by atoms with van der Waals surface area (Å²) in [7, 11) is 0. The summed E-state index contributed by atoms with van der Waals surface area (Å²) in [5, 5.41) is 2.04. The molecule has 1 N–H and O–H groups in total. The normalized spacial score (nSPS) is 17.5. The average molecular weight is 372 g/mol. The topological polar surface area (TPSA) is 75.7 Å². The molecule has 1 aromatic rings. The number of likely N-dealkylation sites (tertiary alicyclic amines) is 1. The zero-order valence-corrected chi connectivity index (χ0v) is 14.1. The Morgan fingerprint density at radius 1 is 1.27 bits per heavy atom. The van der Waals surface area contributed by atoms with Crippen molar-refractivity contribution in [3.05, 3.63) is 29.8 Å². The summed E-state index contributed by atoms with van der Waals surface area (Å²) in [6.07, 6.45) is -2.91.